The van der Waals surface area contributed by atoms with Gasteiger partial charge in [0.05, 0.1) is 6.54 Å². The summed E-state index contributed by atoms with van der Waals surface area (Å²) < 4.78 is 0. The molecule has 24 heavy (non-hydrogen) atoms. The largest absolute Gasteiger partial charge is 0.370 e. The predicted molar refractivity (Wildman–Crippen MR) is 98.2 cm³/mol. The van der Waals surface area contributed by atoms with Crippen molar-refractivity contribution in [2.45, 2.75) is 27.2 Å². The van der Waals surface area contributed by atoms with Crippen LogP contribution in [-0.2, 0) is 4.79 Å². The Labute approximate surface area is 142 Å². The first kappa shape index (κ1) is 17.5. The van der Waals surface area contributed by atoms with Gasteiger partial charge in [0.1, 0.15) is 5.82 Å². The number of nitrogens with one attached hydrogen (secondary N) is 2. The number of aryl methyl sites for hydroxylation is 3. The number of nitrogens with zero attached hydrogens (tertiary/aromatic N) is 2. The molecule has 1 aromatic carbocycles. The molecule has 2 aromatic rings. The Morgan fingerprint density at radius 3 is 2.58 bits per heavy atom. The summed E-state index contributed by atoms with van der Waals surface area (Å²) in [5, 5.41) is 5.75. The number of anilines is 2. The predicted octanol–water partition coefficient (Wildman–Crippen LogP) is 2.76. The van der Waals surface area contributed by atoms with Crippen LogP contribution < -0.4 is 16.4 Å². The van der Waals surface area contributed by atoms with E-state index in [4.69, 9.17) is 5.73 Å². The van der Waals surface area contributed by atoms with E-state index in [0.717, 1.165) is 11.3 Å². The zero-order valence-electron chi connectivity index (χ0n) is 14.3. The van der Waals surface area contributed by atoms with Gasteiger partial charge in [-0.3, -0.25) is 9.79 Å². The molecule has 6 nitrogen and oxygen atoms in total. The highest BCUT2D eigenvalue weighted by Gasteiger charge is 2.03. The van der Waals surface area contributed by atoms with Gasteiger partial charge in [-0.15, -0.1) is 0 Å². The minimum atomic E-state index is -0.144. The molecule has 1 aromatic heterocycles. The van der Waals surface area contributed by atoms with Crippen molar-refractivity contribution in [2.75, 3.05) is 17.2 Å². The second-order valence-corrected chi connectivity index (χ2v) is 5.71. The lowest BCUT2D eigenvalue weighted by Crippen LogP contribution is -2.23. The number of aromatic nitrogens is 1. The average molecular weight is 325 g/mol. The fourth-order valence-corrected chi connectivity index (χ4v) is 2.03. The summed E-state index contributed by atoms with van der Waals surface area (Å²) in [7, 11) is 0. The van der Waals surface area contributed by atoms with Crippen molar-refractivity contribution in [2.24, 2.45) is 10.7 Å². The summed E-state index contributed by atoms with van der Waals surface area (Å²) in [5.74, 6) is 0.685. The zero-order chi connectivity index (χ0) is 17.5. The molecule has 0 fully saturated rings. The van der Waals surface area contributed by atoms with E-state index < -0.39 is 0 Å². The van der Waals surface area contributed by atoms with Crippen LogP contribution in [0.3, 0.4) is 0 Å². The molecular formula is C18H23N5O. The van der Waals surface area contributed by atoms with E-state index in [1.54, 1.807) is 12.3 Å². The van der Waals surface area contributed by atoms with Gasteiger partial charge in [0.25, 0.3) is 0 Å². The molecule has 1 heterocycles. The Hall–Kier alpha value is -2.89. The quantitative estimate of drug-likeness (QED) is 0.582. The number of aliphatic imine (C=N–C) groups is 1. The van der Waals surface area contributed by atoms with E-state index in [-0.39, 0.29) is 12.3 Å². The second kappa shape index (κ2) is 8.10. The molecule has 0 saturated carbocycles. The highest BCUT2D eigenvalue weighted by atomic mass is 16.1. The molecule has 0 aliphatic carbocycles. The van der Waals surface area contributed by atoms with Crippen LogP contribution in [0.5, 0.6) is 0 Å². The number of nitrogens with two attached hydrogens (primary N) is 1. The third-order valence-corrected chi connectivity index (χ3v) is 3.58. The molecule has 6 heteroatoms. The molecule has 0 saturated heterocycles. The molecule has 0 bridgehead atoms. The molecule has 4 N–H and O–H groups in total. The van der Waals surface area contributed by atoms with E-state index in [0.29, 0.717) is 18.3 Å². The Morgan fingerprint density at radius 2 is 1.92 bits per heavy atom. The third-order valence-electron chi connectivity index (χ3n) is 3.58. The Morgan fingerprint density at radius 1 is 1.12 bits per heavy atom. The van der Waals surface area contributed by atoms with Crippen molar-refractivity contribution in [1.82, 2.24) is 4.98 Å². The van der Waals surface area contributed by atoms with E-state index >= 15 is 0 Å². The van der Waals surface area contributed by atoms with Crippen molar-refractivity contribution < 1.29 is 4.79 Å². The second-order valence-electron chi connectivity index (χ2n) is 5.71. The summed E-state index contributed by atoms with van der Waals surface area (Å²) in [6.45, 7) is 6.34. The number of benzene rings is 1. The lowest BCUT2D eigenvalue weighted by atomic mass is 10.1. The van der Waals surface area contributed by atoms with Crippen molar-refractivity contribution in [3.05, 3.63) is 53.2 Å². The number of hydrogen-bond acceptors (Lipinski definition) is 3. The first-order valence-electron chi connectivity index (χ1n) is 7.81. The SMILES string of the molecule is Cc1ccc(NC(=O)CCN=C(N)Nc2ccc(C)c(C)c2)nc1. The van der Waals surface area contributed by atoms with Crippen LogP contribution in [0.2, 0.25) is 0 Å². The lowest BCUT2D eigenvalue weighted by Gasteiger charge is -2.08. The minimum absolute atomic E-state index is 0.144. The fraction of sp³-hybridized carbons (Fsp3) is 0.278. The van der Waals surface area contributed by atoms with Crippen LogP contribution >= 0.6 is 0 Å². The number of carbonyl (C=O) groups excluding carboxylic acids is 1. The van der Waals surface area contributed by atoms with E-state index in [9.17, 15) is 4.79 Å². The summed E-state index contributed by atoms with van der Waals surface area (Å²) in [4.78, 5) is 20.1. The number of carbonyl (C=O) groups is 1. The van der Waals surface area contributed by atoms with E-state index in [1.165, 1.54) is 11.1 Å². The van der Waals surface area contributed by atoms with Gasteiger partial charge in [-0.2, -0.15) is 0 Å². The van der Waals surface area contributed by atoms with Crippen LogP contribution in [0.4, 0.5) is 11.5 Å². The van der Waals surface area contributed by atoms with Gasteiger partial charge in [-0.1, -0.05) is 12.1 Å². The van der Waals surface area contributed by atoms with Crippen molar-refractivity contribution in [3.8, 4) is 0 Å². The molecule has 0 aliphatic heterocycles. The third kappa shape index (κ3) is 5.39. The monoisotopic (exact) mass is 325 g/mol. The van der Waals surface area contributed by atoms with Crippen molar-refractivity contribution in [3.63, 3.8) is 0 Å². The summed E-state index contributed by atoms with van der Waals surface area (Å²) in [5.41, 5.74) is 10.2. The number of amides is 1. The molecule has 0 atom stereocenters. The maximum absolute atomic E-state index is 11.8. The van der Waals surface area contributed by atoms with Crippen LogP contribution in [-0.4, -0.2) is 23.4 Å². The van der Waals surface area contributed by atoms with Gasteiger partial charge in [-0.05, 0) is 55.7 Å². The van der Waals surface area contributed by atoms with Crippen LogP contribution in [0, 0.1) is 20.8 Å². The highest BCUT2D eigenvalue weighted by Crippen LogP contribution is 2.13. The molecular weight excluding hydrogens is 302 g/mol. The molecule has 0 aliphatic rings. The van der Waals surface area contributed by atoms with Crippen LogP contribution in [0.25, 0.3) is 0 Å². The highest BCUT2D eigenvalue weighted by molar-refractivity contribution is 5.93. The average Bonchev–Trinajstić information content (AvgIpc) is 2.53. The van der Waals surface area contributed by atoms with Gasteiger partial charge >= 0.3 is 0 Å². The number of guanidine groups is 1. The van der Waals surface area contributed by atoms with Crippen LogP contribution in [0.1, 0.15) is 23.1 Å². The summed E-state index contributed by atoms with van der Waals surface area (Å²) >= 11 is 0. The summed E-state index contributed by atoms with van der Waals surface area (Å²) in [6.07, 6.45) is 1.95. The summed E-state index contributed by atoms with van der Waals surface area (Å²) in [6, 6.07) is 9.64. The maximum Gasteiger partial charge on any atom is 0.227 e. The molecule has 1 amide bonds. The topological polar surface area (TPSA) is 92.4 Å². The number of hydrogen-bond donors (Lipinski definition) is 3. The van der Waals surface area contributed by atoms with Gasteiger partial charge in [0.2, 0.25) is 5.91 Å². The van der Waals surface area contributed by atoms with Gasteiger partial charge in [0.15, 0.2) is 5.96 Å². The molecule has 0 spiro atoms. The van der Waals surface area contributed by atoms with Gasteiger partial charge < -0.3 is 16.4 Å². The Bertz CT molecular complexity index is 738. The van der Waals surface area contributed by atoms with Gasteiger partial charge in [-0.25, -0.2) is 4.98 Å². The molecule has 2 rings (SSSR count). The van der Waals surface area contributed by atoms with E-state index in [1.807, 2.05) is 38.1 Å². The number of rotatable bonds is 5. The molecule has 0 unspecified atom stereocenters. The number of pyridine rings is 1. The molecule has 126 valence electrons. The lowest BCUT2D eigenvalue weighted by molar-refractivity contribution is -0.116. The Kier molecular flexibility index (Phi) is 5.89. The van der Waals surface area contributed by atoms with Gasteiger partial charge in [0, 0.05) is 18.3 Å². The van der Waals surface area contributed by atoms with Crippen molar-refractivity contribution in [1.29, 1.82) is 0 Å². The smallest absolute Gasteiger partial charge is 0.227 e. The Balaban J connectivity index is 1.80. The maximum atomic E-state index is 11.8. The molecule has 0 radical (unpaired) electrons. The van der Waals surface area contributed by atoms with E-state index in [2.05, 4.69) is 27.5 Å². The van der Waals surface area contributed by atoms with Crippen molar-refractivity contribution >= 4 is 23.4 Å². The fourth-order valence-electron chi connectivity index (χ4n) is 2.03. The van der Waals surface area contributed by atoms with Crippen LogP contribution in [0.15, 0.2) is 41.5 Å². The zero-order valence-corrected chi connectivity index (χ0v) is 14.3. The standard InChI is InChI=1S/C18H23N5O/c1-12-4-7-16(21-11-12)23-17(24)8-9-20-18(19)22-15-6-5-13(2)14(3)10-15/h4-7,10-11H,8-9H2,1-3H3,(H3,19,20,22)(H,21,23,24). The first-order chi connectivity index (χ1) is 11.4. The normalized spacial score (nSPS) is 11.2. The first-order valence-corrected chi connectivity index (χ1v) is 7.81. The minimum Gasteiger partial charge on any atom is -0.370 e.